The van der Waals surface area contributed by atoms with Gasteiger partial charge in [-0.15, -0.1) is 0 Å². The van der Waals surface area contributed by atoms with Gasteiger partial charge in [-0.25, -0.2) is 4.79 Å². The second kappa shape index (κ2) is 10.7. The predicted octanol–water partition coefficient (Wildman–Crippen LogP) is 5.44. The maximum Gasteiger partial charge on any atom is 0.337 e. The van der Waals surface area contributed by atoms with Gasteiger partial charge in [0.1, 0.15) is 11.5 Å². The van der Waals surface area contributed by atoms with Crippen molar-refractivity contribution in [2.75, 3.05) is 18.6 Å². The molecule has 7 nitrogen and oxygen atoms in total. The van der Waals surface area contributed by atoms with Gasteiger partial charge < -0.3 is 14.6 Å². The van der Waals surface area contributed by atoms with Gasteiger partial charge in [-0.3, -0.25) is 14.5 Å². The van der Waals surface area contributed by atoms with Crippen LogP contribution in [0.3, 0.4) is 0 Å². The van der Waals surface area contributed by atoms with Crippen LogP contribution in [0.5, 0.6) is 5.75 Å². The maximum absolute atomic E-state index is 13.3. The third kappa shape index (κ3) is 5.11. The molecule has 0 spiro atoms. The molecule has 37 heavy (non-hydrogen) atoms. The molecule has 1 amide bonds. The Morgan fingerprint density at radius 1 is 0.973 bits per heavy atom. The molecule has 3 aromatic rings. The van der Waals surface area contributed by atoms with E-state index in [2.05, 4.69) is 13.8 Å². The summed E-state index contributed by atoms with van der Waals surface area (Å²) >= 11 is 0. The van der Waals surface area contributed by atoms with E-state index in [1.165, 1.54) is 24.1 Å². The zero-order valence-corrected chi connectivity index (χ0v) is 21.2. The molecule has 190 valence electrons. The quantitative estimate of drug-likeness (QED) is 0.201. The lowest BCUT2D eigenvalue weighted by Crippen LogP contribution is -2.29. The van der Waals surface area contributed by atoms with E-state index < -0.39 is 23.7 Å². The van der Waals surface area contributed by atoms with Crippen molar-refractivity contribution >= 4 is 29.1 Å². The fourth-order valence-electron chi connectivity index (χ4n) is 4.30. The lowest BCUT2D eigenvalue weighted by atomic mass is 9.94. The number of nitrogens with zero attached hydrogens (tertiary/aromatic N) is 1. The number of ether oxygens (including phenoxy) is 2. The highest BCUT2D eigenvalue weighted by molar-refractivity contribution is 6.51. The Kier molecular flexibility index (Phi) is 7.43. The number of aliphatic hydroxyl groups is 1. The first kappa shape index (κ1) is 25.7. The van der Waals surface area contributed by atoms with Crippen LogP contribution in [0.4, 0.5) is 5.69 Å². The molecule has 0 aromatic heterocycles. The monoisotopic (exact) mass is 499 g/mol. The first-order valence-corrected chi connectivity index (χ1v) is 12.0. The van der Waals surface area contributed by atoms with Crippen molar-refractivity contribution in [3.63, 3.8) is 0 Å². The summed E-state index contributed by atoms with van der Waals surface area (Å²) in [6, 6.07) is 19.6. The second-order valence-corrected chi connectivity index (χ2v) is 9.30. The molecule has 3 aromatic carbocycles. The minimum Gasteiger partial charge on any atom is -0.507 e. The minimum atomic E-state index is -0.859. The molecule has 4 rings (SSSR count). The molecule has 0 aliphatic carbocycles. The van der Waals surface area contributed by atoms with Crippen LogP contribution in [0.25, 0.3) is 5.76 Å². The smallest absolute Gasteiger partial charge is 0.337 e. The lowest BCUT2D eigenvalue weighted by Gasteiger charge is -2.25. The molecule has 7 heteroatoms. The van der Waals surface area contributed by atoms with Crippen LogP contribution < -0.4 is 9.64 Å². The van der Waals surface area contributed by atoms with E-state index in [0.717, 1.165) is 5.56 Å². The number of hydrogen-bond donors (Lipinski definition) is 1. The summed E-state index contributed by atoms with van der Waals surface area (Å²) in [6.07, 6.45) is 0. The molecule has 0 bridgehead atoms. The van der Waals surface area contributed by atoms with E-state index in [1.807, 2.05) is 13.0 Å². The molecule has 1 saturated heterocycles. The Labute approximate surface area is 215 Å². The molecule has 1 N–H and O–H groups in total. The van der Waals surface area contributed by atoms with E-state index in [0.29, 0.717) is 40.7 Å². The number of Topliss-reactive ketones (excluding diaryl/α,β-unsaturated/α-hetero) is 1. The van der Waals surface area contributed by atoms with Crippen molar-refractivity contribution in [1.82, 2.24) is 0 Å². The van der Waals surface area contributed by atoms with E-state index >= 15 is 0 Å². The van der Waals surface area contributed by atoms with Gasteiger partial charge in [0.2, 0.25) is 0 Å². The zero-order chi connectivity index (χ0) is 26.7. The number of benzene rings is 3. The number of hydrogen-bond acceptors (Lipinski definition) is 6. The fraction of sp³-hybridized carbons (Fsp3) is 0.233. The molecule has 0 saturated carbocycles. The molecule has 1 fully saturated rings. The zero-order valence-electron chi connectivity index (χ0n) is 21.2. The first-order chi connectivity index (χ1) is 17.7. The number of aliphatic hydroxyl groups excluding tert-OH is 1. The number of ketones is 1. The number of carbonyl (C=O) groups excluding carboxylic acids is 3. The molecule has 1 aliphatic heterocycles. The Morgan fingerprint density at radius 2 is 1.62 bits per heavy atom. The number of amides is 1. The predicted molar refractivity (Wildman–Crippen MR) is 141 cm³/mol. The van der Waals surface area contributed by atoms with Crippen LogP contribution >= 0.6 is 0 Å². The third-order valence-corrected chi connectivity index (χ3v) is 6.15. The summed E-state index contributed by atoms with van der Waals surface area (Å²) in [7, 11) is 1.29. The van der Waals surface area contributed by atoms with E-state index in [-0.39, 0.29) is 11.3 Å². The highest BCUT2D eigenvalue weighted by atomic mass is 16.5. The van der Waals surface area contributed by atoms with Crippen molar-refractivity contribution < 1.29 is 29.0 Å². The van der Waals surface area contributed by atoms with Gasteiger partial charge in [-0.1, -0.05) is 44.2 Å². The Balaban J connectivity index is 1.81. The normalized spacial score (nSPS) is 16.8. The summed E-state index contributed by atoms with van der Waals surface area (Å²) < 4.78 is 10.6. The summed E-state index contributed by atoms with van der Waals surface area (Å²) in [5, 5.41) is 11.4. The number of carbonyl (C=O) groups is 3. The third-order valence-electron chi connectivity index (χ3n) is 6.15. The van der Waals surface area contributed by atoms with Crippen LogP contribution in [0, 0.1) is 12.8 Å². The summed E-state index contributed by atoms with van der Waals surface area (Å²) in [5.74, 6) is -1.29. The van der Waals surface area contributed by atoms with Gasteiger partial charge >= 0.3 is 5.97 Å². The molecular formula is C30H29NO6. The summed E-state index contributed by atoms with van der Waals surface area (Å²) in [6.45, 7) is 6.53. The van der Waals surface area contributed by atoms with Crippen LogP contribution in [-0.2, 0) is 14.3 Å². The number of rotatable bonds is 7. The van der Waals surface area contributed by atoms with Gasteiger partial charge in [0, 0.05) is 11.3 Å². The average Bonchev–Trinajstić information content (AvgIpc) is 3.17. The maximum atomic E-state index is 13.3. The Hall–Kier alpha value is -4.39. The Morgan fingerprint density at radius 3 is 2.22 bits per heavy atom. The van der Waals surface area contributed by atoms with Crippen molar-refractivity contribution in [3.05, 3.63) is 101 Å². The van der Waals surface area contributed by atoms with Gasteiger partial charge in [0.05, 0.1) is 30.9 Å². The standard InChI is InChI=1S/C30H29NO6/c1-18(2)17-37-24-15-12-22(16-19(24)3)27(32)25-26(20-8-6-5-7-9-20)31(29(34)28(25)33)23-13-10-21(11-14-23)30(35)36-4/h5-16,18,26,32H,17H2,1-4H3/b27-25-. The van der Waals surface area contributed by atoms with Gasteiger partial charge in [-0.05, 0) is 66.4 Å². The molecule has 1 unspecified atom stereocenters. The van der Waals surface area contributed by atoms with Crippen molar-refractivity contribution in [1.29, 1.82) is 0 Å². The fourth-order valence-corrected chi connectivity index (χ4v) is 4.30. The van der Waals surface area contributed by atoms with Crippen molar-refractivity contribution in [3.8, 4) is 5.75 Å². The minimum absolute atomic E-state index is 0.0107. The van der Waals surface area contributed by atoms with Gasteiger partial charge in [0.25, 0.3) is 11.7 Å². The number of esters is 1. The van der Waals surface area contributed by atoms with Crippen LogP contribution in [-0.4, -0.2) is 36.5 Å². The van der Waals surface area contributed by atoms with E-state index in [1.54, 1.807) is 54.6 Å². The van der Waals surface area contributed by atoms with Gasteiger partial charge in [-0.2, -0.15) is 0 Å². The second-order valence-electron chi connectivity index (χ2n) is 9.30. The van der Waals surface area contributed by atoms with Crippen molar-refractivity contribution in [2.45, 2.75) is 26.8 Å². The Bertz CT molecular complexity index is 1360. The van der Waals surface area contributed by atoms with Crippen LogP contribution in [0.2, 0.25) is 0 Å². The lowest BCUT2D eigenvalue weighted by molar-refractivity contribution is -0.132. The van der Waals surface area contributed by atoms with Crippen molar-refractivity contribution in [2.24, 2.45) is 5.92 Å². The molecule has 1 atom stereocenters. The SMILES string of the molecule is COC(=O)c1ccc(N2C(=O)C(=O)/C(=C(\O)c3ccc(OCC(C)C)c(C)c3)C2c2ccccc2)cc1. The van der Waals surface area contributed by atoms with Crippen LogP contribution in [0.15, 0.2) is 78.4 Å². The van der Waals surface area contributed by atoms with Crippen LogP contribution in [0.1, 0.15) is 46.9 Å². The highest BCUT2D eigenvalue weighted by Gasteiger charge is 2.47. The molecule has 0 radical (unpaired) electrons. The topological polar surface area (TPSA) is 93.1 Å². The number of methoxy groups -OCH3 is 1. The van der Waals surface area contributed by atoms with E-state index in [4.69, 9.17) is 9.47 Å². The summed E-state index contributed by atoms with van der Waals surface area (Å²) in [4.78, 5) is 39.8. The number of anilines is 1. The largest absolute Gasteiger partial charge is 0.507 e. The number of aryl methyl sites for hydroxylation is 1. The molecule has 1 aliphatic rings. The van der Waals surface area contributed by atoms with Gasteiger partial charge in [0.15, 0.2) is 0 Å². The molecule has 1 heterocycles. The first-order valence-electron chi connectivity index (χ1n) is 12.0. The average molecular weight is 500 g/mol. The van der Waals surface area contributed by atoms with E-state index in [9.17, 15) is 19.5 Å². The highest BCUT2D eigenvalue weighted by Crippen LogP contribution is 2.42. The summed E-state index contributed by atoms with van der Waals surface area (Å²) in [5.41, 5.74) is 2.59. The molecular weight excluding hydrogens is 470 g/mol.